The van der Waals surface area contributed by atoms with Crippen LogP contribution in [0.3, 0.4) is 0 Å². The largest absolute Gasteiger partial charge is 0.493 e. The van der Waals surface area contributed by atoms with Crippen LogP contribution in [0, 0.1) is 0 Å². The van der Waals surface area contributed by atoms with Crippen molar-refractivity contribution in [2.75, 3.05) is 5.75 Å². The van der Waals surface area contributed by atoms with Gasteiger partial charge in [-0.05, 0) is 19.3 Å². The van der Waals surface area contributed by atoms with Gasteiger partial charge in [-0.3, -0.25) is 14.2 Å². The highest BCUT2D eigenvalue weighted by atomic mass is 32.2. The van der Waals surface area contributed by atoms with Gasteiger partial charge in [-0.2, -0.15) is 4.98 Å². The Balaban J connectivity index is 1.90. The molecule has 2 aromatic rings. The summed E-state index contributed by atoms with van der Waals surface area (Å²) in [6, 6.07) is 9.19. The maximum Gasteiger partial charge on any atom is 0.261 e. The van der Waals surface area contributed by atoms with E-state index in [2.05, 4.69) is 4.98 Å². The highest BCUT2D eigenvalue weighted by molar-refractivity contribution is 7.99. The zero-order valence-corrected chi connectivity index (χ0v) is 15.8. The van der Waals surface area contributed by atoms with Crippen LogP contribution >= 0.6 is 11.8 Å². The first-order chi connectivity index (χ1) is 12.6. The molecule has 138 valence electrons. The van der Waals surface area contributed by atoms with Gasteiger partial charge in [0.2, 0.25) is 5.88 Å². The van der Waals surface area contributed by atoms with Crippen LogP contribution in [0.25, 0.3) is 0 Å². The number of ketones is 1. The van der Waals surface area contributed by atoms with Crippen LogP contribution in [0.15, 0.2) is 40.3 Å². The van der Waals surface area contributed by atoms with Crippen LogP contribution < -0.4 is 5.56 Å². The van der Waals surface area contributed by atoms with Crippen LogP contribution in [0.1, 0.15) is 61.0 Å². The minimum absolute atomic E-state index is 0.0147. The van der Waals surface area contributed by atoms with Gasteiger partial charge in [0.25, 0.3) is 5.56 Å². The van der Waals surface area contributed by atoms with Crippen LogP contribution in [0.5, 0.6) is 5.88 Å². The summed E-state index contributed by atoms with van der Waals surface area (Å²) < 4.78 is 1.72. The Morgan fingerprint density at radius 1 is 1.23 bits per heavy atom. The van der Waals surface area contributed by atoms with Gasteiger partial charge in [0.05, 0.1) is 11.3 Å². The van der Waals surface area contributed by atoms with Gasteiger partial charge in [0.1, 0.15) is 0 Å². The number of aromatic hydroxyl groups is 1. The number of hydrogen-bond donors (Lipinski definition) is 1. The maximum absolute atomic E-state index is 12.9. The van der Waals surface area contributed by atoms with Crippen molar-refractivity contribution in [3.05, 3.63) is 51.8 Å². The highest BCUT2D eigenvalue weighted by Gasteiger charge is 2.24. The predicted molar refractivity (Wildman–Crippen MR) is 103 cm³/mol. The number of Topliss-reactive ketones (excluding diaryl/α,β-unsaturated/α-hetero) is 1. The normalized spacial score (nSPS) is 15.1. The molecule has 1 aromatic carbocycles. The lowest BCUT2D eigenvalue weighted by molar-refractivity contribution is 0.102. The van der Waals surface area contributed by atoms with Crippen molar-refractivity contribution in [2.24, 2.45) is 0 Å². The lowest BCUT2D eigenvalue weighted by atomic mass is 9.95. The molecule has 1 N–H and O–H groups in total. The number of aromatic nitrogens is 2. The van der Waals surface area contributed by atoms with Crippen molar-refractivity contribution in [1.82, 2.24) is 9.55 Å². The minimum Gasteiger partial charge on any atom is -0.493 e. The molecule has 3 rings (SSSR count). The Kier molecular flexibility index (Phi) is 6.14. The van der Waals surface area contributed by atoms with E-state index in [-0.39, 0.29) is 29.0 Å². The topological polar surface area (TPSA) is 72.2 Å². The van der Waals surface area contributed by atoms with Crippen molar-refractivity contribution >= 4 is 17.5 Å². The van der Waals surface area contributed by atoms with Crippen LogP contribution in [0.4, 0.5) is 0 Å². The quantitative estimate of drug-likeness (QED) is 0.471. The molecule has 1 heterocycles. The molecule has 1 aliphatic rings. The molecular weight excluding hydrogens is 348 g/mol. The third kappa shape index (κ3) is 4.01. The van der Waals surface area contributed by atoms with Crippen molar-refractivity contribution in [3.8, 4) is 5.88 Å². The second-order valence-electron chi connectivity index (χ2n) is 6.59. The fourth-order valence-electron chi connectivity index (χ4n) is 3.45. The molecule has 0 amide bonds. The van der Waals surface area contributed by atoms with Crippen molar-refractivity contribution in [3.63, 3.8) is 0 Å². The van der Waals surface area contributed by atoms with Crippen molar-refractivity contribution in [1.29, 1.82) is 0 Å². The molecule has 1 saturated carbocycles. The van der Waals surface area contributed by atoms with Crippen molar-refractivity contribution in [2.45, 2.75) is 56.6 Å². The summed E-state index contributed by atoms with van der Waals surface area (Å²) in [5.74, 6) is -0.0352. The molecule has 26 heavy (non-hydrogen) atoms. The molecule has 0 spiro atoms. The first-order valence-corrected chi connectivity index (χ1v) is 10.2. The summed E-state index contributed by atoms with van der Waals surface area (Å²) in [6.07, 6.45) is 5.69. The van der Waals surface area contributed by atoms with E-state index in [9.17, 15) is 14.7 Å². The van der Waals surface area contributed by atoms with E-state index in [0.717, 1.165) is 25.7 Å². The molecule has 0 saturated heterocycles. The maximum atomic E-state index is 12.9. The van der Waals surface area contributed by atoms with Crippen LogP contribution in [0.2, 0.25) is 0 Å². The Bertz CT molecular complexity index is 827. The molecule has 6 heteroatoms. The number of benzene rings is 1. The van der Waals surface area contributed by atoms with E-state index in [4.69, 9.17) is 0 Å². The molecule has 0 unspecified atom stereocenters. The number of thioether (sulfide) groups is 1. The first kappa shape index (κ1) is 18.7. The number of rotatable bonds is 6. The van der Waals surface area contributed by atoms with E-state index in [1.165, 1.54) is 18.2 Å². The summed E-state index contributed by atoms with van der Waals surface area (Å²) in [5.41, 5.74) is 0.830. The lowest BCUT2D eigenvalue weighted by Gasteiger charge is -2.26. The minimum atomic E-state index is -0.209. The predicted octanol–water partition coefficient (Wildman–Crippen LogP) is 3.99. The van der Waals surface area contributed by atoms with E-state index in [1.54, 1.807) is 16.7 Å². The fraction of sp³-hybridized carbons (Fsp3) is 0.450. The Hall–Kier alpha value is -2.08. The molecule has 0 aliphatic heterocycles. The smallest absolute Gasteiger partial charge is 0.261 e. The van der Waals surface area contributed by atoms with Crippen molar-refractivity contribution < 1.29 is 9.90 Å². The SMILES string of the molecule is CCc1c(O)nc(SCC(=O)c2ccccc2)n(C2CCCCC2)c1=O. The van der Waals surface area contributed by atoms with Gasteiger partial charge in [-0.25, -0.2) is 0 Å². The van der Waals surface area contributed by atoms with Gasteiger partial charge < -0.3 is 5.11 Å². The average Bonchev–Trinajstić information content (AvgIpc) is 2.67. The van der Waals surface area contributed by atoms with Crippen LogP contribution in [-0.2, 0) is 6.42 Å². The zero-order valence-electron chi connectivity index (χ0n) is 15.0. The van der Waals surface area contributed by atoms with E-state index >= 15 is 0 Å². The number of carbonyl (C=O) groups is 1. The monoisotopic (exact) mass is 372 g/mol. The Morgan fingerprint density at radius 2 is 1.92 bits per heavy atom. The van der Waals surface area contributed by atoms with E-state index in [1.807, 2.05) is 25.1 Å². The van der Waals surface area contributed by atoms with Gasteiger partial charge >= 0.3 is 0 Å². The Morgan fingerprint density at radius 3 is 2.58 bits per heavy atom. The van der Waals surface area contributed by atoms with E-state index < -0.39 is 0 Å². The first-order valence-electron chi connectivity index (χ1n) is 9.17. The second-order valence-corrected chi connectivity index (χ2v) is 7.54. The third-order valence-electron chi connectivity index (χ3n) is 4.88. The summed E-state index contributed by atoms with van der Waals surface area (Å²) >= 11 is 1.23. The number of hydrogen-bond acceptors (Lipinski definition) is 5. The number of carbonyl (C=O) groups excluding carboxylic acids is 1. The molecule has 0 bridgehead atoms. The molecule has 1 fully saturated rings. The summed E-state index contributed by atoms with van der Waals surface area (Å²) in [7, 11) is 0. The van der Waals surface area contributed by atoms with Gasteiger partial charge in [-0.1, -0.05) is 68.3 Å². The average molecular weight is 372 g/mol. The third-order valence-corrected chi connectivity index (χ3v) is 5.83. The second kappa shape index (κ2) is 8.54. The lowest BCUT2D eigenvalue weighted by Crippen LogP contribution is -2.31. The van der Waals surface area contributed by atoms with Gasteiger partial charge in [0, 0.05) is 11.6 Å². The standard InChI is InChI=1S/C20H24N2O3S/c1-2-16-18(24)21-20(22(19(16)25)15-11-7-4-8-12-15)26-13-17(23)14-9-5-3-6-10-14/h3,5-6,9-10,15,24H,2,4,7-8,11-13H2,1H3. The number of nitrogens with zero attached hydrogens (tertiary/aromatic N) is 2. The summed E-state index contributed by atoms with van der Waals surface area (Å²) in [6.45, 7) is 1.84. The fourth-order valence-corrected chi connectivity index (χ4v) is 4.40. The Labute approximate surface area is 157 Å². The van der Waals surface area contributed by atoms with E-state index in [0.29, 0.717) is 22.7 Å². The highest BCUT2D eigenvalue weighted by Crippen LogP contribution is 2.31. The zero-order chi connectivity index (χ0) is 18.5. The van der Waals surface area contributed by atoms with Gasteiger partial charge in [-0.15, -0.1) is 0 Å². The molecule has 1 aromatic heterocycles. The van der Waals surface area contributed by atoms with Gasteiger partial charge in [0.15, 0.2) is 10.9 Å². The molecular formula is C20H24N2O3S. The van der Waals surface area contributed by atoms with Crippen LogP contribution in [-0.4, -0.2) is 26.2 Å². The molecule has 5 nitrogen and oxygen atoms in total. The summed E-state index contributed by atoms with van der Waals surface area (Å²) in [4.78, 5) is 29.6. The molecule has 0 atom stereocenters. The molecule has 0 radical (unpaired) electrons. The summed E-state index contributed by atoms with van der Waals surface area (Å²) in [5, 5.41) is 10.6. The molecule has 1 aliphatic carbocycles.